The minimum Gasteiger partial charge on any atom is -0.383 e. The number of methoxy groups -OCH3 is 1. The van der Waals surface area contributed by atoms with E-state index in [2.05, 4.69) is 42.4 Å². The quantitative estimate of drug-likeness (QED) is 0.774. The van der Waals surface area contributed by atoms with Crippen molar-refractivity contribution in [2.45, 2.75) is 45.2 Å². The van der Waals surface area contributed by atoms with Crippen molar-refractivity contribution >= 4 is 5.69 Å². The predicted octanol–water partition coefficient (Wildman–Crippen LogP) is 3.11. The van der Waals surface area contributed by atoms with Crippen LogP contribution in [0.5, 0.6) is 0 Å². The van der Waals surface area contributed by atoms with Gasteiger partial charge in [0.2, 0.25) is 0 Å². The number of hydrogen-bond acceptors (Lipinski definition) is 3. The van der Waals surface area contributed by atoms with Gasteiger partial charge in [-0.05, 0) is 31.4 Å². The third-order valence-electron chi connectivity index (χ3n) is 4.29. The van der Waals surface area contributed by atoms with Gasteiger partial charge in [-0.25, -0.2) is 0 Å². The van der Waals surface area contributed by atoms with E-state index in [1.54, 1.807) is 7.11 Å². The average Bonchev–Trinajstić information content (AvgIpc) is 2.97. The standard InChI is InChI=1S/C17H28N2O/c1-14-8-9-17(19(2)16-6-4-5-7-16)15(12-14)13-18-10-11-20-3/h8-9,12,16,18H,4-7,10-11,13H2,1-3H3. The van der Waals surface area contributed by atoms with E-state index in [0.717, 1.165) is 25.7 Å². The van der Waals surface area contributed by atoms with E-state index in [4.69, 9.17) is 4.74 Å². The van der Waals surface area contributed by atoms with Crippen LogP contribution >= 0.6 is 0 Å². The first-order valence-electron chi connectivity index (χ1n) is 7.74. The maximum atomic E-state index is 5.09. The second-order valence-corrected chi connectivity index (χ2v) is 5.85. The minimum atomic E-state index is 0.718. The molecule has 1 aromatic rings. The van der Waals surface area contributed by atoms with Gasteiger partial charge in [-0.1, -0.05) is 30.5 Å². The van der Waals surface area contributed by atoms with Gasteiger partial charge in [0.1, 0.15) is 0 Å². The summed E-state index contributed by atoms with van der Waals surface area (Å²) in [5.41, 5.74) is 4.11. The van der Waals surface area contributed by atoms with Crippen LogP contribution in [0.4, 0.5) is 5.69 Å². The second-order valence-electron chi connectivity index (χ2n) is 5.85. The molecule has 1 saturated carbocycles. The lowest BCUT2D eigenvalue weighted by molar-refractivity contribution is 0.199. The van der Waals surface area contributed by atoms with Crippen LogP contribution in [0.15, 0.2) is 18.2 Å². The zero-order chi connectivity index (χ0) is 14.4. The molecule has 0 amide bonds. The van der Waals surface area contributed by atoms with Crippen LogP contribution in [-0.2, 0) is 11.3 Å². The molecule has 0 aliphatic heterocycles. The summed E-state index contributed by atoms with van der Waals surface area (Å²) in [5.74, 6) is 0. The highest BCUT2D eigenvalue weighted by Gasteiger charge is 2.21. The van der Waals surface area contributed by atoms with Crippen LogP contribution in [0.1, 0.15) is 36.8 Å². The van der Waals surface area contributed by atoms with Crippen LogP contribution < -0.4 is 10.2 Å². The number of anilines is 1. The summed E-state index contributed by atoms with van der Waals surface area (Å²) in [7, 11) is 3.99. The molecule has 0 saturated heterocycles. The molecule has 0 spiro atoms. The molecule has 0 radical (unpaired) electrons. The molecule has 20 heavy (non-hydrogen) atoms. The maximum Gasteiger partial charge on any atom is 0.0587 e. The molecule has 1 aliphatic rings. The Hall–Kier alpha value is -1.06. The van der Waals surface area contributed by atoms with Crippen molar-refractivity contribution in [3.63, 3.8) is 0 Å². The molecule has 1 aromatic carbocycles. The Kier molecular flexibility index (Phi) is 5.86. The SMILES string of the molecule is COCCNCc1cc(C)ccc1N(C)C1CCCC1. The monoisotopic (exact) mass is 276 g/mol. The van der Waals surface area contributed by atoms with Crippen LogP contribution in [0, 0.1) is 6.92 Å². The molecule has 0 bridgehead atoms. The normalized spacial score (nSPS) is 15.8. The molecule has 3 heteroatoms. The third kappa shape index (κ3) is 3.97. The van der Waals surface area contributed by atoms with Crippen LogP contribution in [0.2, 0.25) is 0 Å². The molecule has 0 heterocycles. The second kappa shape index (κ2) is 7.65. The average molecular weight is 276 g/mol. The van der Waals surface area contributed by atoms with Crippen molar-refractivity contribution in [2.24, 2.45) is 0 Å². The molecule has 1 N–H and O–H groups in total. The third-order valence-corrected chi connectivity index (χ3v) is 4.29. The maximum absolute atomic E-state index is 5.09. The number of rotatable bonds is 7. The molecular weight excluding hydrogens is 248 g/mol. The summed E-state index contributed by atoms with van der Waals surface area (Å²) in [4.78, 5) is 2.49. The van der Waals surface area contributed by atoms with Crippen LogP contribution in [0.25, 0.3) is 0 Å². The number of hydrogen-bond donors (Lipinski definition) is 1. The first kappa shape index (κ1) is 15.3. The highest BCUT2D eigenvalue weighted by atomic mass is 16.5. The first-order valence-corrected chi connectivity index (χ1v) is 7.74. The topological polar surface area (TPSA) is 24.5 Å². The lowest BCUT2D eigenvalue weighted by Crippen LogP contribution is -2.30. The smallest absolute Gasteiger partial charge is 0.0587 e. The number of aryl methyl sites for hydroxylation is 1. The number of nitrogens with one attached hydrogen (secondary N) is 1. The van der Waals surface area contributed by atoms with E-state index in [1.807, 2.05) is 0 Å². The fourth-order valence-corrected chi connectivity index (χ4v) is 3.09. The van der Waals surface area contributed by atoms with Crippen LogP contribution in [-0.4, -0.2) is 33.4 Å². The molecule has 0 atom stereocenters. The van der Waals surface area contributed by atoms with Crippen molar-refractivity contribution in [1.29, 1.82) is 0 Å². The number of benzene rings is 1. The number of nitrogens with zero attached hydrogens (tertiary/aromatic N) is 1. The van der Waals surface area contributed by atoms with Crippen molar-refractivity contribution < 1.29 is 4.74 Å². The van der Waals surface area contributed by atoms with Gasteiger partial charge in [0.25, 0.3) is 0 Å². The summed E-state index contributed by atoms with van der Waals surface area (Å²) < 4.78 is 5.09. The summed E-state index contributed by atoms with van der Waals surface area (Å²) in [6.45, 7) is 4.74. The Balaban J connectivity index is 2.06. The summed E-state index contributed by atoms with van der Waals surface area (Å²) in [6.07, 6.45) is 5.42. The zero-order valence-corrected chi connectivity index (χ0v) is 13.1. The molecular formula is C17H28N2O. The summed E-state index contributed by atoms with van der Waals surface area (Å²) in [6, 6.07) is 7.52. The lowest BCUT2D eigenvalue weighted by Gasteiger charge is -2.29. The van der Waals surface area contributed by atoms with Crippen molar-refractivity contribution in [3.05, 3.63) is 29.3 Å². The van der Waals surface area contributed by atoms with E-state index in [1.165, 1.54) is 42.5 Å². The first-order chi connectivity index (χ1) is 9.72. The van der Waals surface area contributed by atoms with E-state index < -0.39 is 0 Å². The molecule has 1 aliphatic carbocycles. The molecule has 0 unspecified atom stereocenters. The van der Waals surface area contributed by atoms with E-state index in [-0.39, 0.29) is 0 Å². The van der Waals surface area contributed by atoms with Gasteiger partial charge >= 0.3 is 0 Å². The van der Waals surface area contributed by atoms with Gasteiger partial charge in [0.05, 0.1) is 6.61 Å². The Morgan fingerprint density at radius 2 is 2.05 bits per heavy atom. The Bertz CT molecular complexity index is 413. The van der Waals surface area contributed by atoms with Gasteiger partial charge in [0, 0.05) is 39.0 Å². The molecule has 2 rings (SSSR count). The van der Waals surface area contributed by atoms with E-state index in [0.29, 0.717) is 0 Å². The highest BCUT2D eigenvalue weighted by molar-refractivity contribution is 5.55. The van der Waals surface area contributed by atoms with Crippen molar-refractivity contribution in [2.75, 3.05) is 32.2 Å². The van der Waals surface area contributed by atoms with E-state index >= 15 is 0 Å². The van der Waals surface area contributed by atoms with Gasteiger partial charge < -0.3 is 15.0 Å². The van der Waals surface area contributed by atoms with Crippen molar-refractivity contribution in [3.8, 4) is 0 Å². The zero-order valence-electron chi connectivity index (χ0n) is 13.1. The fraction of sp³-hybridized carbons (Fsp3) is 0.647. The Morgan fingerprint density at radius 3 is 2.75 bits per heavy atom. The molecule has 0 aromatic heterocycles. The highest BCUT2D eigenvalue weighted by Crippen LogP contribution is 2.29. The van der Waals surface area contributed by atoms with Gasteiger partial charge in [0.15, 0.2) is 0 Å². The van der Waals surface area contributed by atoms with Crippen molar-refractivity contribution in [1.82, 2.24) is 5.32 Å². The Morgan fingerprint density at radius 1 is 1.30 bits per heavy atom. The predicted molar refractivity (Wildman–Crippen MR) is 85.4 cm³/mol. The summed E-state index contributed by atoms with van der Waals surface area (Å²) in [5, 5.41) is 3.46. The van der Waals surface area contributed by atoms with Gasteiger partial charge in [-0.3, -0.25) is 0 Å². The van der Waals surface area contributed by atoms with E-state index in [9.17, 15) is 0 Å². The minimum absolute atomic E-state index is 0.718. The summed E-state index contributed by atoms with van der Waals surface area (Å²) >= 11 is 0. The Labute approximate surface area is 123 Å². The fourth-order valence-electron chi connectivity index (χ4n) is 3.09. The molecule has 112 valence electrons. The van der Waals surface area contributed by atoms with Gasteiger partial charge in [-0.2, -0.15) is 0 Å². The largest absolute Gasteiger partial charge is 0.383 e. The number of ether oxygens (including phenoxy) is 1. The lowest BCUT2D eigenvalue weighted by atomic mass is 10.1. The van der Waals surface area contributed by atoms with Gasteiger partial charge in [-0.15, -0.1) is 0 Å². The van der Waals surface area contributed by atoms with Crippen LogP contribution in [0.3, 0.4) is 0 Å². The molecule has 1 fully saturated rings. The molecule has 3 nitrogen and oxygen atoms in total.